The summed E-state index contributed by atoms with van der Waals surface area (Å²) in [5.74, 6) is 1.05. The minimum atomic E-state index is 0.830. The molecule has 29 heavy (non-hydrogen) atoms. The molecule has 1 aromatic heterocycles. The number of para-hydroxylation sites is 2. The third-order valence-corrected chi connectivity index (χ3v) is 6.41. The predicted molar refractivity (Wildman–Crippen MR) is 120 cm³/mol. The van der Waals surface area contributed by atoms with Gasteiger partial charge < -0.3 is 14.6 Å². The first-order valence-electron chi connectivity index (χ1n) is 10.2. The molecule has 2 aromatic carbocycles. The van der Waals surface area contributed by atoms with Crippen molar-refractivity contribution >= 4 is 38.7 Å². The number of aromatic nitrogens is 1. The third kappa shape index (κ3) is 3.90. The maximum Gasteiger partial charge on any atom is 0.183 e. The van der Waals surface area contributed by atoms with E-state index in [1.807, 2.05) is 0 Å². The Morgan fingerprint density at radius 3 is 2.24 bits per heavy atom. The van der Waals surface area contributed by atoms with Crippen molar-refractivity contribution in [2.45, 2.75) is 6.54 Å². The molecule has 0 spiro atoms. The molecule has 0 bridgehead atoms. The number of nitrogens with zero attached hydrogens (tertiary/aromatic N) is 4. The molecule has 0 saturated carbocycles. The van der Waals surface area contributed by atoms with Crippen LogP contribution in [0, 0.1) is 0 Å². The van der Waals surface area contributed by atoms with E-state index in [1.54, 1.807) is 11.8 Å². The van der Waals surface area contributed by atoms with Crippen LogP contribution in [-0.2, 0) is 11.3 Å². The molecule has 3 heterocycles. The fraction of sp³-hybridized carbons (Fsp3) is 0.364. The minimum absolute atomic E-state index is 0.830. The Morgan fingerprint density at radius 2 is 1.59 bits per heavy atom. The van der Waals surface area contributed by atoms with Gasteiger partial charge in [0.15, 0.2) is 5.17 Å². The van der Waals surface area contributed by atoms with Crippen LogP contribution in [0.2, 0.25) is 0 Å². The number of fused-ring (bicyclic) bond motifs is 2. The van der Waals surface area contributed by atoms with Crippen molar-refractivity contribution in [1.29, 1.82) is 0 Å². The highest BCUT2D eigenvalue weighted by Gasteiger charge is 2.13. The number of ether oxygens (including phenoxy) is 1. The summed E-state index contributed by atoms with van der Waals surface area (Å²) in [7, 11) is 0. The fourth-order valence-electron chi connectivity index (χ4n) is 4.02. The molecule has 150 valence electrons. The number of thioether (sulfide) groups is 1. The van der Waals surface area contributed by atoms with E-state index in [4.69, 9.17) is 9.84 Å². The molecule has 6 nitrogen and oxygen atoms in total. The zero-order valence-electron chi connectivity index (χ0n) is 16.4. The largest absolute Gasteiger partial charge is 0.379 e. The number of hydrogen-bond acceptors (Lipinski definition) is 5. The first kappa shape index (κ1) is 18.7. The monoisotopic (exact) mass is 407 g/mol. The second kappa shape index (κ2) is 8.57. The van der Waals surface area contributed by atoms with Gasteiger partial charge in [-0.3, -0.25) is 4.90 Å². The van der Waals surface area contributed by atoms with Gasteiger partial charge in [-0.05, 0) is 12.1 Å². The van der Waals surface area contributed by atoms with Gasteiger partial charge in [0.1, 0.15) is 5.36 Å². The Hall–Kier alpha value is -2.35. The summed E-state index contributed by atoms with van der Waals surface area (Å²) >= 11 is 1.72. The van der Waals surface area contributed by atoms with E-state index in [-0.39, 0.29) is 0 Å². The third-order valence-electron chi connectivity index (χ3n) is 5.50. The molecule has 0 atom stereocenters. The summed E-state index contributed by atoms with van der Waals surface area (Å²) in [4.78, 5) is 2.48. The number of pyridine rings is 1. The van der Waals surface area contributed by atoms with E-state index in [1.165, 1.54) is 11.0 Å². The zero-order chi connectivity index (χ0) is 19.5. The molecular weight excluding hydrogens is 382 g/mol. The molecule has 3 aromatic rings. The van der Waals surface area contributed by atoms with Gasteiger partial charge in [0.05, 0.1) is 24.2 Å². The van der Waals surface area contributed by atoms with Crippen LogP contribution in [0.5, 0.6) is 0 Å². The molecule has 5 rings (SSSR count). The van der Waals surface area contributed by atoms with E-state index < -0.39 is 0 Å². The van der Waals surface area contributed by atoms with Crippen molar-refractivity contribution in [3.05, 3.63) is 53.9 Å². The van der Waals surface area contributed by atoms with E-state index in [2.05, 4.69) is 68.4 Å². The van der Waals surface area contributed by atoms with Crippen LogP contribution < -0.4 is 10.7 Å². The maximum absolute atomic E-state index is 5.50. The number of benzene rings is 2. The predicted octanol–water partition coefficient (Wildman–Crippen LogP) is 2.63. The van der Waals surface area contributed by atoms with E-state index >= 15 is 0 Å². The standard InChI is InChI=1S/C22H25N5OS/c1-3-7-19-17(5-1)21(24-25-22-23-9-16-29-22)18-6-2-4-8-20(18)27(19)11-10-26-12-14-28-15-13-26/h1-8H,9-16H2,(H,23,25). The van der Waals surface area contributed by atoms with Crippen LogP contribution in [0.4, 0.5) is 0 Å². The molecule has 2 aliphatic heterocycles. The molecule has 7 heteroatoms. The SMILES string of the molecule is c1ccc2c(c1)c(=NN=C1NCCS1)c1ccccc1n2CCN1CCOCC1. The lowest BCUT2D eigenvalue weighted by atomic mass is 10.1. The van der Waals surface area contributed by atoms with Crippen molar-refractivity contribution < 1.29 is 4.74 Å². The van der Waals surface area contributed by atoms with E-state index in [0.717, 1.165) is 73.0 Å². The molecule has 0 unspecified atom stereocenters. The summed E-state index contributed by atoms with van der Waals surface area (Å²) < 4.78 is 7.92. The Bertz CT molecular complexity index is 1050. The normalized spacial score (nSPS) is 19.1. The van der Waals surface area contributed by atoms with Gasteiger partial charge >= 0.3 is 0 Å². The summed E-state index contributed by atoms with van der Waals surface area (Å²) in [6, 6.07) is 17.1. The number of hydrogen-bond donors (Lipinski definition) is 1. The summed E-state index contributed by atoms with van der Waals surface area (Å²) in [5, 5.41) is 16.6. The Labute approximate surface area is 174 Å². The fourth-order valence-corrected chi connectivity index (χ4v) is 4.72. The van der Waals surface area contributed by atoms with Gasteiger partial charge in [-0.2, -0.15) is 0 Å². The first-order chi connectivity index (χ1) is 14.4. The van der Waals surface area contributed by atoms with Crippen LogP contribution in [-0.4, -0.2) is 59.8 Å². The minimum Gasteiger partial charge on any atom is -0.379 e. The van der Waals surface area contributed by atoms with Crippen LogP contribution in [0.3, 0.4) is 0 Å². The molecule has 1 N–H and O–H groups in total. The number of morpholine rings is 1. The highest BCUT2D eigenvalue weighted by molar-refractivity contribution is 8.14. The molecule has 0 amide bonds. The van der Waals surface area contributed by atoms with Crippen molar-refractivity contribution in [3.8, 4) is 0 Å². The zero-order valence-corrected chi connectivity index (χ0v) is 17.2. The first-order valence-corrected chi connectivity index (χ1v) is 11.2. The quantitative estimate of drug-likeness (QED) is 0.534. The van der Waals surface area contributed by atoms with E-state index in [9.17, 15) is 0 Å². The average molecular weight is 408 g/mol. The lowest BCUT2D eigenvalue weighted by Gasteiger charge is -2.27. The van der Waals surface area contributed by atoms with Crippen molar-refractivity contribution in [3.63, 3.8) is 0 Å². The highest BCUT2D eigenvalue weighted by atomic mass is 32.2. The second-order valence-corrected chi connectivity index (χ2v) is 8.35. The van der Waals surface area contributed by atoms with Crippen molar-refractivity contribution in [2.75, 3.05) is 45.1 Å². The summed E-state index contributed by atoms with van der Waals surface area (Å²) in [5.41, 5.74) is 2.40. The lowest BCUT2D eigenvalue weighted by molar-refractivity contribution is 0.0366. The Balaban J connectivity index is 1.64. The average Bonchev–Trinajstić information content (AvgIpc) is 3.30. The molecular formula is C22H25N5OS. The van der Waals surface area contributed by atoms with Gasteiger partial charge in [0.25, 0.3) is 0 Å². The number of amidine groups is 1. The molecule has 2 fully saturated rings. The highest BCUT2D eigenvalue weighted by Crippen LogP contribution is 2.20. The van der Waals surface area contributed by atoms with Crippen LogP contribution in [0.25, 0.3) is 21.8 Å². The van der Waals surface area contributed by atoms with Gasteiger partial charge in [-0.25, -0.2) is 0 Å². The topological polar surface area (TPSA) is 54.2 Å². The van der Waals surface area contributed by atoms with Crippen molar-refractivity contribution in [1.82, 2.24) is 14.8 Å². The Kier molecular flexibility index (Phi) is 5.51. The number of nitrogens with one attached hydrogen (secondary N) is 1. The molecule has 2 aliphatic rings. The van der Waals surface area contributed by atoms with Gasteiger partial charge in [-0.1, -0.05) is 48.2 Å². The van der Waals surface area contributed by atoms with Crippen molar-refractivity contribution in [2.24, 2.45) is 10.2 Å². The maximum atomic E-state index is 5.50. The second-order valence-electron chi connectivity index (χ2n) is 7.27. The Morgan fingerprint density at radius 1 is 0.897 bits per heavy atom. The van der Waals surface area contributed by atoms with Gasteiger partial charge in [0, 0.05) is 49.2 Å². The summed E-state index contributed by atoms with van der Waals surface area (Å²) in [6.45, 7) is 6.58. The molecule has 0 aliphatic carbocycles. The van der Waals surface area contributed by atoms with Crippen LogP contribution in [0.1, 0.15) is 0 Å². The van der Waals surface area contributed by atoms with Crippen LogP contribution in [0.15, 0.2) is 58.7 Å². The lowest BCUT2D eigenvalue weighted by Crippen LogP contribution is -2.38. The number of rotatable bonds is 4. The van der Waals surface area contributed by atoms with Gasteiger partial charge in [0.2, 0.25) is 0 Å². The van der Waals surface area contributed by atoms with Crippen LogP contribution >= 0.6 is 11.8 Å². The van der Waals surface area contributed by atoms with Gasteiger partial charge in [-0.15, -0.1) is 10.2 Å². The smallest absolute Gasteiger partial charge is 0.183 e. The summed E-state index contributed by atoms with van der Waals surface area (Å²) in [6.07, 6.45) is 0. The van der Waals surface area contributed by atoms with E-state index in [0.29, 0.717) is 0 Å². The molecule has 0 radical (unpaired) electrons. The molecule has 2 saturated heterocycles.